The molecule has 0 aromatic heterocycles. The van der Waals surface area contributed by atoms with E-state index in [-0.39, 0.29) is 17.9 Å². The minimum absolute atomic E-state index is 0.0115. The molecule has 4 nitrogen and oxygen atoms in total. The Bertz CT molecular complexity index is 1050. The summed E-state index contributed by atoms with van der Waals surface area (Å²) in [6, 6.07) is 29.7. The number of carbonyl (C=O) groups is 2. The first kappa shape index (κ1) is 24.7. The standard InChI is InChI=1S/C31H36N2O2/c34-30(22-21-25-13-5-1-6-14-25)33(24-27-17-9-3-10-18-27)29(23-26-15-7-2-8-16-26)31(35)32-28-19-11-4-12-20-28/h1-3,5-10,13-18,28-29H,4,11-12,19-24H2,(H,32,35)/t29-/m0/s1. The van der Waals surface area contributed by atoms with Crippen LogP contribution in [0.4, 0.5) is 0 Å². The van der Waals surface area contributed by atoms with Crippen LogP contribution in [0.25, 0.3) is 0 Å². The lowest BCUT2D eigenvalue weighted by Crippen LogP contribution is -2.52. The molecule has 0 saturated heterocycles. The predicted octanol–water partition coefficient (Wildman–Crippen LogP) is 5.71. The average Bonchev–Trinajstić information content (AvgIpc) is 2.91. The molecule has 182 valence electrons. The largest absolute Gasteiger partial charge is 0.352 e. The zero-order valence-electron chi connectivity index (χ0n) is 20.4. The van der Waals surface area contributed by atoms with Crippen molar-refractivity contribution in [1.82, 2.24) is 10.2 Å². The quantitative estimate of drug-likeness (QED) is 0.414. The molecule has 0 bridgehead atoms. The molecule has 0 heterocycles. The number of rotatable bonds is 10. The van der Waals surface area contributed by atoms with Crippen molar-refractivity contribution in [1.29, 1.82) is 0 Å². The van der Waals surface area contributed by atoms with Gasteiger partial charge in [0.1, 0.15) is 6.04 Å². The van der Waals surface area contributed by atoms with Crippen molar-refractivity contribution in [3.05, 3.63) is 108 Å². The molecule has 3 aromatic carbocycles. The minimum Gasteiger partial charge on any atom is -0.352 e. The fourth-order valence-electron chi connectivity index (χ4n) is 4.92. The van der Waals surface area contributed by atoms with Gasteiger partial charge in [0, 0.05) is 25.4 Å². The summed E-state index contributed by atoms with van der Waals surface area (Å²) < 4.78 is 0. The number of carbonyl (C=O) groups excluding carboxylic acids is 2. The van der Waals surface area contributed by atoms with Gasteiger partial charge in [0.2, 0.25) is 11.8 Å². The lowest BCUT2D eigenvalue weighted by molar-refractivity contribution is -0.141. The topological polar surface area (TPSA) is 49.4 Å². The highest BCUT2D eigenvalue weighted by Gasteiger charge is 2.31. The van der Waals surface area contributed by atoms with Crippen molar-refractivity contribution < 1.29 is 9.59 Å². The SMILES string of the molecule is O=C(NC1CCCCC1)[C@H](Cc1ccccc1)N(Cc1ccccc1)C(=O)CCc1ccccc1. The molecule has 1 aliphatic rings. The molecular weight excluding hydrogens is 432 g/mol. The number of hydrogen-bond donors (Lipinski definition) is 1. The fraction of sp³-hybridized carbons (Fsp3) is 0.355. The Morgan fingerprint density at radius 3 is 1.89 bits per heavy atom. The van der Waals surface area contributed by atoms with Crippen LogP contribution >= 0.6 is 0 Å². The van der Waals surface area contributed by atoms with E-state index in [2.05, 4.69) is 5.32 Å². The number of amides is 2. The van der Waals surface area contributed by atoms with Crippen molar-refractivity contribution in [2.75, 3.05) is 0 Å². The van der Waals surface area contributed by atoms with Gasteiger partial charge < -0.3 is 10.2 Å². The Morgan fingerprint density at radius 1 is 0.743 bits per heavy atom. The van der Waals surface area contributed by atoms with Crippen molar-refractivity contribution in [3.63, 3.8) is 0 Å². The van der Waals surface area contributed by atoms with Crippen LogP contribution in [0.3, 0.4) is 0 Å². The molecule has 1 fully saturated rings. The lowest BCUT2D eigenvalue weighted by Gasteiger charge is -2.33. The Hall–Kier alpha value is -3.40. The van der Waals surface area contributed by atoms with Crippen LogP contribution in [0.2, 0.25) is 0 Å². The van der Waals surface area contributed by atoms with Gasteiger partial charge in [-0.1, -0.05) is 110 Å². The molecule has 0 radical (unpaired) electrons. The smallest absolute Gasteiger partial charge is 0.243 e. The van der Waals surface area contributed by atoms with E-state index in [1.165, 1.54) is 6.42 Å². The summed E-state index contributed by atoms with van der Waals surface area (Å²) in [7, 11) is 0. The predicted molar refractivity (Wildman–Crippen MR) is 141 cm³/mol. The van der Waals surface area contributed by atoms with Gasteiger partial charge in [-0.25, -0.2) is 0 Å². The molecule has 1 atom stereocenters. The van der Waals surface area contributed by atoms with Crippen LogP contribution in [-0.2, 0) is 29.0 Å². The zero-order valence-corrected chi connectivity index (χ0v) is 20.4. The van der Waals surface area contributed by atoms with E-state index in [0.29, 0.717) is 25.8 Å². The van der Waals surface area contributed by atoms with E-state index in [1.807, 2.05) is 95.9 Å². The third-order valence-corrected chi connectivity index (χ3v) is 6.89. The summed E-state index contributed by atoms with van der Waals surface area (Å²) in [6.07, 6.45) is 7.11. The van der Waals surface area contributed by atoms with Gasteiger partial charge in [-0.15, -0.1) is 0 Å². The first-order valence-electron chi connectivity index (χ1n) is 12.9. The molecule has 2 amide bonds. The maximum atomic E-state index is 13.7. The molecule has 0 aliphatic heterocycles. The average molecular weight is 469 g/mol. The van der Waals surface area contributed by atoms with E-state index >= 15 is 0 Å². The third-order valence-electron chi connectivity index (χ3n) is 6.89. The minimum atomic E-state index is -0.553. The maximum absolute atomic E-state index is 13.7. The van der Waals surface area contributed by atoms with Gasteiger partial charge in [-0.05, 0) is 36.0 Å². The summed E-state index contributed by atoms with van der Waals surface area (Å²) in [4.78, 5) is 29.2. The molecular formula is C31H36N2O2. The second-order valence-electron chi connectivity index (χ2n) is 9.54. The maximum Gasteiger partial charge on any atom is 0.243 e. The normalized spacial score (nSPS) is 14.7. The summed E-state index contributed by atoms with van der Waals surface area (Å²) in [5.74, 6) is -0.0258. The third kappa shape index (κ3) is 7.54. The van der Waals surface area contributed by atoms with Crippen LogP contribution in [0.5, 0.6) is 0 Å². The molecule has 4 rings (SSSR count). The number of aryl methyl sites for hydroxylation is 1. The van der Waals surface area contributed by atoms with E-state index < -0.39 is 6.04 Å². The first-order valence-corrected chi connectivity index (χ1v) is 12.9. The molecule has 4 heteroatoms. The first-order chi connectivity index (χ1) is 17.2. The lowest BCUT2D eigenvalue weighted by atomic mass is 9.94. The van der Waals surface area contributed by atoms with Crippen molar-refractivity contribution in [2.24, 2.45) is 0 Å². The van der Waals surface area contributed by atoms with Gasteiger partial charge in [0.15, 0.2) is 0 Å². The summed E-state index contributed by atoms with van der Waals surface area (Å²) in [6.45, 7) is 0.421. The highest BCUT2D eigenvalue weighted by Crippen LogP contribution is 2.20. The Labute approximate surface area is 209 Å². The monoisotopic (exact) mass is 468 g/mol. The van der Waals surface area contributed by atoms with Crippen LogP contribution in [-0.4, -0.2) is 28.8 Å². The van der Waals surface area contributed by atoms with E-state index in [9.17, 15) is 9.59 Å². The second kappa shape index (κ2) is 12.9. The summed E-state index contributed by atoms with van der Waals surface area (Å²) in [5, 5.41) is 3.30. The molecule has 1 aliphatic carbocycles. The fourth-order valence-corrected chi connectivity index (χ4v) is 4.92. The summed E-state index contributed by atoms with van der Waals surface area (Å²) >= 11 is 0. The van der Waals surface area contributed by atoms with Crippen molar-refractivity contribution in [3.8, 4) is 0 Å². The highest BCUT2D eigenvalue weighted by atomic mass is 16.2. The molecule has 0 spiro atoms. The highest BCUT2D eigenvalue weighted by molar-refractivity contribution is 5.88. The van der Waals surface area contributed by atoms with Crippen LogP contribution in [0.15, 0.2) is 91.0 Å². The zero-order chi connectivity index (χ0) is 24.3. The Kier molecular flexibility index (Phi) is 9.11. The molecule has 35 heavy (non-hydrogen) atoms. The molecule has 1 N–H and O–H groups in total. The van der Waals surface area contributed by atoms with Gasteiger partial charge in [0.25, 0.3) is 0 Å². The number of nitrogens with zero attached hydrogens (tertiary/aromatic N) is 1. The molecule has 1 saturated carbocycles. The summed E-state index contributed by atoms with van der Waals surface area (Å²) in [5.41, 5.74) is 3.22. The van der Waals surface area contributed by atoms with Gasteiger partial charge >= 0.3 is 0 Å². The number of hydrogen-bond acceptors (Lipinski definition) is 2. The van der Waals surface area contributed by atoms with E-state index in [1.54, 1.807) is 0 Å². The molecule has 3 aromatic rings. The van der Waals surface area contributed by atoms with Gasteiger partial charge in [-0.3, -0.25) is 9.59 Å². The Morgan fingerprint density at radius 2 is 1.29 bits per heavy atom. The molecule has 0 unspecified atom stereocenters. The van der Waals surface area contributed by atoms with Crippen LogP contribution in [0, 0.1) is 0 Å². The van der Waals surface area contributed by atoms with Crippen LogP contribution in [0.1, 0.15) is 55.2 Å². The second-order valence-corrected chi connectivity index (χ2v) is 9.54. The van der Waals surface area contributed by atoms with Gasteiger partial charge in [0.05, 0.1) is 0 Å². The van der Waals surface area contributed by atoms with E-state index in [0.717, 1.165) is 42.4 Å². The van der Waals surface area contributed by atoms with Crippen molar-refractivity contribution >= 4 is 11.8 Å². The van der Waals surface area contributed by atoms with Crippen LogP contribution < -0.4 is 5.32 Å². The van der Waals surface area contributed by atoms with E-state index in [4.69, 9.17) is 0 Å². The van der Waals surface area contributed by atoms with Gasteiger partial charge in [-0.2, -0.15) is 0 Å². The number of benzene rings is 3. The Balaban J connectivity index is 1.58. The number of nitrogens with one attached hydrogen (secondary N) is 1. The van der Waals surface area contributed by atoms with Crippen molar-refractivity contribution in [2.45, 2.75) is 70.0 Å².